The van der Waals surface area contributed by atoms with E-state index in [9.17, 15) is 13.2 Å². The molecule has 1 fully saturated rings. The van der Waals surface area contributed by atoms with Crippen LogP contribution in [0.5, 0.6) is 5.75 Å². The van der Waals surface area contributed by atoms with Crippen molar-refractivity contribution in [2.75, 3.05) is 44.1 Å². The van der Waals surface area contributed by atoms with Crippen molar-refractivity contribution >= 4 is 21.6 Å². The minimum Gasteiger partial charge on any atom is -0.484 e. The van der Waals surface area contributed by atoms with E-state index < -0.39 is 10.0 Å². The van der Waals surface area contributed by atoms with E-state index in [0.717, 1.165) is 13.1 Å². The first-order valence-electron chi connectivity index (χ1n) is 13.3. The summed E-state index contributed by atoms with van der Waals surface area (Å²) >= 11 is 0. The molecule has 206 valence electrons. The van der Waals surface area contributed by atoms with E-state index in [0.29, 0.717) is 24.5 Å². The summed E-state index contributed by atoms with van der Waals surface area (Å²) < 4.78 is 32.7. The lowest BCUT2D eigenvalue weighted by atomic mass is 9.96. The van der Waals surface area contributed by atoms with Gasteiger partial charge < -0.3 is 9.64 Å². The van der Waals surface area contributed by atoms with Gasteiger partial charge >= 0.3 is 0 Å². The van der Waals surface area contributed by atoms with E-state index in [1.807, 2.05) is 17.0 Å². The van der Waals surface area contributed by atoms with Crippen molar-refractivity contribution in [1.29, 1.82) is 0 Å². The molecule has 0 aromatic heterocycles. The lowest BCUT2D eigenvalue weighted by molar-refractivity contribution is -0.135. The highest BCUT2D eigenvalue weighted by Crippen LogP contribution is 2.29. The second-order valence-corrected chi connectivity index (χ2v) is 11.7. The third kappa shape index (κ3) is 6.19. The average molecular weight is 556 g/mol. The Morgan fingerprint density at radius 1 is 0.750 bits per heavy atom. The van der Waals surface area contributed by atoms with Crippen LogP contribution in [-0.2, 0) is 14.8 Å². The van der Waals surface area contributed by atoms with Crippen molar-refractivity contribution in [3.63, 3.8) is 0 Å². The van der Waals surface area contributed by atoms with Crippen LogP contribution in [0.2, 0.25) is 0 Å². The van der Waals surface area contributed by atoms with Gasteiger partial charge in [0.1, 0.15) is 5.75 Å². The molecule has 1 amide bonds. The molecule has 5 rings (SSSR count). The molecule has 1 aliphatic rings. The predicted octanol–water partition coefficient (Wildman–Crippen LogP) is 4.82. The number of piperazine rings is 1. The predicted molar refractivity (Wildman–Crippen MR) is 157 cm³/mol. The van der Waals surface area contributed by atoms with E-state index >= 15 is 0 Å². The zero-order valence-electron chi connectivity index (χ0n) is 22.5. The van der Waals surface area contributed by atoms with Crippen LogP contribution in [0, 0.1) is 0 Å². The van der Waals surface area contributed by atoms with Crippen LogP contribution in [0.1, 0.15) is 17.2 Å². The first kappa shape index (κ1) is 27.4. The van der Waals surface area contributed by atoms with E-state index in [1.54, 1.807) is 54.6 Å². The van der Waals surface area contributed by atoms with Gasteiger partial charge in [0.25, 0.3) is 15.9 Å². The average Bonchev–Trinajstić information content (AvgIpc) is 3.02. The number of nitrogens with zero attached hydrogens (tertiary/aromatic N) is 3. The molecule has 0 bridgehead atoms. The number of carbonyl (C=O) groups is 1. The molecule has 0 saturated carbocycles. The number of sulfonamides is 1. The molecule has 4 aromatic carbocycles. The maximum Gasteiger partial charge on any atom is 0.264 e. The summed E-state index contributed by atoms with van der Waals surface area (Å²) in [6.45, 7) is 2.70. The number of ether oxygens (including phenoxy) is 1. The number of benzene rings is 4. The fourth-order valence-electron chi connectivity index (χ4n) is 4.99. The minimum atomic E-state index is -3.66. The van der Waals surface area contributed by atoms with Gasteiger partial charge in [0.05, 0.1) is 16.6 Å². The Balaban J connectivity index is 1.16. The van der Waals surface area contributed by atoms with Crippen LogP contribution in [0.15, 0.2) is 120 Å². The topological polar surface area (TPSA) is 70.2 Å². The van der Waals surface area contributed by atoms with Gasteiger partial charge in [-0.25, -0.2) is 8.42 Å². The SMILES string of the molecule is CN(c1ccc(OCC(=O)N2CCN(C(c3ccccc3)c3ccccc3)CC2)cc1)S(=O)(=O)c1ccccc1. The fourth-order valence-corrected chi connectivity index (χ4v) is 6.21. The number of carbonyl (C=O) groups excluding carboxylic acids is 1. The Kier molecular flexibility index (Phi) is 8.48. The zero-order valence-corrected chi connectivity index (χ0v) is 23.3. The molecule has 7 nitrogen and oxygen atoms in total. The lowest BCUT2D eigenvalue weighted by Gasteiger charge is -2.39. The molecule has 0 aliphatic carbocycles. The summed E-state index contributed by atoms with van der Waals surface area (Å²) in [5, 5.41) is 0. The molecule has 0 radical (unpaired) electrons. The summed E-state index contributed by atoms with van der Waals surface area (Å²) in [6.07, 6.45) is 0. The van der Waals surface area contributed by atoms with Gasteiger partial charge in [-0.05, 0) is 47.5 Å². The summed E-state index contributed by atoms with van der Waals surface area (Å²) in [4.78, 5) is 17.4. The van der Waals surface area contributed by atoms with Gasteiger partial charge in [-0.3, -0.25) is 14.0 Å². The largest absolute Gasteiger partial charge is 0.484 e. The van der Waals surface area contributed by atoms with Crippen LogP contribution >= 0.6 is 0 Å². The van der Waals surface area contributed by atoms with Crippen molar-refractivity contribution < 1.29 is 17.9 Å². The Hall–Kier alpha value is -4.14. The Labute approximate surface area is 236 Å². The van der Waals surface area contributed by atoms with Crippen LogP contribution in [0.4, 0.5) is 5.69 Å². The summed E-state index contributed by atoms with van der Waals surface area (Å²) in [7, 11) is -2.15. The normalized spacial score (nSPS) is 14.2. The first-order chi connectivity index (χ1) is 19.4. The van der Waals surface area contributed by atoms with Crippen molar-refractivity contribution in [2.45, 2.75) is 10.9 Å². The zero-order chi connectivity index (χ0) is 28.0. The summed E-state index contributed by atoms with van der Waals surface area (Å²) in [5.41, 5.74) is 2.98. The van der Waals surface area contributed by atoms with Crippen LogP contribution in [-0.4, -0.2) is 64.0 Å². The van der Waals surface area contributed by atoms with Crippen molar-refractivity contribution in [1.82, 2.24) is 9.80 Å². The second kappa shape index (κ2) is 12.4. The third-order valence-electron chi connectivity index (χ3n) is 7.23. The number of rotatable bonds is 9. The van der Waals surface area contributed by atoms with E-state index in [1.165, 1.54) is 22.5 Å². The second-order valence-electron chi connectivity index (χ2n) is 9.71. The standard InChI is InChI=1S/C32H33N3O4S/c1-33(40(37,38)30-15-9-4-10-16-30)28-17-19-29(20-18-28)39-25-31(36)34-21-23-35(24-22-34)32(26-11-5-2-6-12-26)27-13-7-3-8-14-27/h2-20,32H,21-25H2,1H3. The number of hydrogen-bond donors (Lipinski definition) is 0. The lowest BCUT2D eigenvalue weighted by Crippen LogP contribution is -2.51. The molecule has 1 saturated heterocycles. The number of hydrogen-bond acceptors (Lipinski definition) is 5. The molecule has 4 aromatic rings. The minimum absolute atomic E-state index is 0.0662. The smallest absolute Gasteiger partial charge is 0.264 e. The van der Waals surface area contributed by atoms with E-state index in [-0.39, 0.29) is 23.5 Å². The first-order valence-corrected chi connectivity index (χ1v) is 14.8. The van der Waals surface area contributed by atoms with Gasteiger partial charge in [-0.2, -0.15) is 0 Å². The number of amides is 1. The van der Waals surface area contributed by atoms with Gasteiger partial charge in [0.15, 0.2) is 6.61 Å². The number of anilines is 1. The molecule has 1 heterocycles. The molecule has 0 spiro atoms. The quantitative estimate of drug-likeness (QED) is 0.296. The van der Waals surface area contributed by atoms with Gasteiger partial charge in [0.2, 0.25) is 0 Å². The van der Waals surface area contributed by atoms with E-state index in [4.69, 9.17) is 4.74 Å². The monoisotopic (exact) mass is 555 g/mol. The molecule has 8 heteroatoms. The van der Waals surface area contributed by atoms with E-state index in [2.05, 4.69) is 53.4 Å². The molecule has 0 atom stereocenters. The fraction of sp³-hybridized carbons (Fsp3) is 0.219. The van der Waals surface area contributed by atoms with Crippen molar-refractivity contribution in [2.24, 2.45) is 0 Å². The van der Waals surface area contributed by atoms with Gasteiger partial charge in [-0.15, -0.1) is 0 Å². The van der Waals surface area contributed by atoms with Crippen LogP contribution in [0.25, 0.3) is 0 Å². The Bertz CT molecular complexity index is 1450. The molecule has 0 N–H and O–H groups in total. The molecular weight excluding hydrogens is 522 g/mol. The van der Waals surface area contributed by atoms with Crippen molar-refractivity contribution in [3.05, 3.63) is 126 Å². The summed E-state index contributed by atoms with van der Waals surface area (Å²) in [5.74, 6) is 0.443. The van der Waals surface area contributed by atoms with Gasteiger partial charge in [-0.1, -0.05) is 78.9 Å². The van der Waals surface area contributed by atoms with Gasteiger partial charge in [0, 0.05) is 33.2 Å². The highest BCUT2D eigenvalue weighted by atomic mass is 32.2. The third-order valence-corrected chi connectivity index (χ3v) is 9.03. The Morgan fingerprint density at radius 2 is 1.25 bits per heavy atom. The van der Waals surface area contributed by atoms with Crippen LogP contribution in [0.3, 0.4) is 0 Å². The highest BCUT2D eigenvalue weighted by Gasteiger charge is 2.28. The van der Waals surface area contributed by atoms with Crippen LogP contribution < -0.4 is 9.04 Å². The Morgan fingerprint density at radius 3 is 1.77 bits per heavy atom. The molecule has 40 heavy (non-hydrogen) atoms. The molecular formula is C32H33N3O4S. The maximum absolute atomic E-state index is 12.9. The molecule has 0 unspecified atom stereocenters. The summed E-state index contributed by atoms with van der Waals surface area (Å²) in [6, 6.07) is 36.1. The molecule has 1 aliphatic heterocycles. The van der Waals surface area contributed by atoms with Crippen molar-refractivity contribution in [3.8, 4) is 5.75 Å². The maximum atomic E-state index is 12.9. The highest BCUT2D eigenvalue weighted by molar-refractivity contribution is 7.92.